The van der Waals surface area contributed by atoms with E-state index in [4.69, 9.17) is 11.1 Å². The van der Waals surface area contributed by atoms with Crippen molar-refractivity contribution in [2.75, 3.05) is 0 Å². The normalized spacial score (nSPS) is 10.4. The molecule has 0 aliphatic heterocycles. The van der Waals surface area contributed by atoms with E-state index in [9.17, 15) is 0 Å². The number of benzene rings is 1. The number of nitrogens with zero attached hydrogens (tertiary/aromatic N) is 1. The van der Waals surface area contributed by atoms with Crippen LogP contribution in [0.3, 0.4) is 0 Å². The lowest BCUT2D eigenvalue weighted by molar-refractivity contribution is 1.20. The maximum absolute atomic E-state index is 7.39. The number of hydrogen-bond donors (Lipinski definition) is 2. The minimum absolute atomic E-state index is 0.00819. The number of thioether (sulfide) groups is 1. The van der Waals surface area contributed by atoms with Crippen LogP contribution >= 0.6 is 11.8 Å². The number of aromatic nitrogens is 1. The van der Waals surface area contributed by atoms with Crippen LogP contribution < -0.4 is 5.73 Å². The van der Waals surface area contributed by atoms with Crippen LogP contribution in [-0.2, 0) is 5.75 Å². The summed E-state index contributed by atoms with van der Waals surface area (Å²) in [5.41, 5.74) is 9.86. The van der Waals surface area contributed by atoms with Gasteiger partial charge in [-0.1, -0.05) is 29.3 Å². The van der Waals surface area contributed by atoms with Gasteiger partial charge in [0.15, 0.2) is 0 Å². The molecule has 0 amide bonds. The lowest BCUT2D eigenvalue weighted by Gasteiger charge is -2.06. The van der Waals surface area contributed by atoms with E-state index in [1.807, 2.05) is 12.1 Å². The highest BCUT2D eigenvalue weighted by Crippen LogP contribution is 2.23. The Hall–Kier alpha value is -1.81. The van der Waals surface area contributed by atoms with Crippen molar-refractivity contribution in [3.63, 3.8) is 0 Å². The summed E-state index contributed by atoms with van der Waals surface area (Å²) in [6, 6.07) is 10.4. The summed E-state index contributed by atoms with van der Waals surface area (Å²) in [4.78, 5) is 5.14. The fraction of sp³-hybridized carbons (Fsp3) is 0.200. The third kappa shape index (κ3) is 3.83. The first-order valence-corrected chi connectivity index (χ1v) is 7.03. The van der Waals surface area contributed by atoms with Crippen molar-refractivity contribution in [3.8, 4) is 0 Å². The highest BCUT2D eigenvalue weighted by Gasteiger charge is 2.02. The van der Waals surface area contributed by atoms with Crippen molar-refractivity contribution >= 4 is 17.6 Å². The predicted octanol–water partition coefficient (Wildman–Crippen LogP) is 3.27. The van der Waals surface area contributed by atoms with Gasteiger partial charge < -0.3 is 5.73 Å². The van der Waals surface area contributed by atoms with E-state index in [-0.39, 0.29) is 5.84 Å². The first-order valence-electron chi connectivity index (χ1n) is 6.05. The zero-order valence-corrected chi connectivity index (χ0v) is 11.9. The average molecular weight is 271 g/mol. The maximum Gasteiger partial charge on any atom is 0.141 e. The molecule has 2 rings (SSSR count). The number of nitrogens with two attached hydrogens (primary N) is 1. The van der Waals surface area contributed by atoms with E-state index in [1.165, 1.54) is 16.7 Å². The van der Waals surface area contributed by atoms with Crippen molar-refractivity contribution in [2.45, 2.75) is 24.5 Å². The smallest absolute Gasteiger partial charge is 0.141 e. The molecule has 0 fully saturated rings. The highest BCUT2D eigenvalue weighted by atomic mass is 32.2. The molecule has 98 valence electrons. The fourth-order valence-electron chi connectivity index (χ4n) is 1.97. The van der Waals surface area contributed by atoms with Crippen molar-refractivity contribution in [3.05, 3.63) is 58.9 Å². The van der Waals surface area contributed by atoms with E-state index in [0.29, 0.717) is 5.69 Å². The first kappa shape index (κ1) is 13.6. The van der Waals surface area contributed by atoms with E-state index < -0.39 is 0 Å². The van der Waals surface area contributed by atoms with Crippen LogP contribution in [0.2, 0.25) is 0 Å². The molecule has 0 saturated heterocycles. The summed E-state index contributed by atoms with van der Waals surface area (Å²) in [5.74, 6) is 0.915. The molecule has 0 spiro atoms. The zero-order chi connectivity index (χ0) is 13.8. The lowest BCUT2D eigenvalue weighted by atomic mass is 10.1. The van der Waals surface area contributed by atoms with E-state index in [2.05, 4.69) is 37.0 Å². The summed E-state index contributed by atoms with van der Waals surface area (Å²) >= 11 is 1.73. The monoisotopic (exact) mass is 271 g/mol. The Kier molecular flexibility index (Phi) is 4.22. The largest absolute Gasteiger partial charge is 0.382 e. The van der Waals surface area contributed by atoms with Crippen molar-refractivity contribution in [1.29, 1.82) is 5.41 Å². The number of nitrogen functional groups attached to an aromatic ring is 1. The third-order valence-corrected chi connectivity index (χ3v) is 3.76. The Morgan fingerprint density at radius 2 is 1.89 bits per heavy atom. The Morgan fingerprint density at radius 1 is 1.21 bits per heavy atom. The average Bonchev–Trinajstić information content (AvgIpc) is 2.35. The number of rotatable bonds is 4. The van der Waals surface area contributed by atoms with Crippen LogP contribution in [0, 0.1) is 19.3 Å². The number of amidine groups is 1. The second kappa shape index (κ2) is 5.89. The molecule has 0 unspecified atom stereocenters. The van der Waals surface area contributed by atoms with Crippen molar-refractivity contribution < 1.29 is 0 Å². The van der Waals surface area contributed by atoms with Gasteiger partial charge in [-0.2, -0.15) is 0 Å². The first-order chi connectivity index (χ1) is 9.04. The van der Waals surface area contributed by atoms with Gasteiger partial charge in [0.25, 0.3) is 0 Å². The summed E-state index contributed by atoms with van der Waals surface area (Å²) in [7, 11) is 0. The second-order valence-corrected chi connectivity index (χ2v) is 5.62. The van der Waals surface area contributed by atoms with Gasteiger partial charge in [0, 0.05) is 16.8 Å². The van der Waals surface area contributed by atoms with Crippen molar-refractivity contribution in [1.82, 2.24) is 4.98 Å². The van der Waals surface area contributed by atoms with Crippen LogP contribution in [0.5, 0.6) is 0 Å². The van der Waals surface area contributed by atoms with Gasteiger partial charge in [0.05, 0.1) is 0 Å². The molecule has 3 N–H and O–H groups in total. The molecule has 1 aromatic carbocycles. The summed E-state index contributed by atoms with van der Waals surface area (Å²) in [6.07, 6.45) is 1.69. The third-order valence-electron chi connectivity index (χ3n) is 2.69. The molecular formula is C15H17N3S. The van der Waals surface area contributed by atoms with Crippen LogP contribution in [0.1, 0.15) is 22.4 Å². The minimum atomic E-state index is 0.00819. The second-order valence-electron chi connectivity index (χ2n) is 4.58. The van der Waals surface area contributed by atoms with Crippen LogP contribution in [-0.4, -0.2) is 10.8 Å². The van der Waals surface area contributed by atoms with Gasteiger partial charge in [-0.15, -0.1) is 11.8 Å². The summed E-state index contributed by atoms with van der Waals surface area (Å²) < 4.78 is 0. The predicted molar refractivity (Wildman–Crippen MR) is 80.7 cm³/mol. The number of hydrogen-bond acceptors (Lipinski definition) is 3. The minimum Gasteiger partial charge on any atom is -0.382 e. The topological polar surface area (TPSA) is 62.8 Å². The van der Waals surface area contributed by atoms with Gasteiger partial charge >= 0.3 is 0 Å². The molecule has 0 aliphatic carbocycles. The SMILES string of the molecule is Cc1cc(C)cc(CSc2ccnc(C(=N)N)c2)c1. The van der Waals surface area contributed by atoms with Crippen LogP contribution in [0.25, 0.3) is 0 Å². The van der Waals surface area contributed by atoms with E-state index >= 15 is 0 Å². The Balaban J connectivity index is 2.10. The summed E-state index contributed by atoms with van der Waals surface area (Å²) in [5, 5.41) is 7.39. The Morgan fingerprint density at radius 3 is 2.53 bits per heavy atom. The van der Waals surface area contributed by atoms with Gasteiger partial charge in [0.1, 0.15) is 11.5 Å². The van der Waals surface area contributed by atoms with Gasteiger partial charge in [-0.3, -0.25) is 10.4 Å². The molecule has 0 radical (unpaired) electrons. The number of nitrogens with one attached hydrogen (secondary N) is 1. The van der Waals surface area contributed by atoms with Crippen molar-refractivity contribution in [2.24, 2.45) is 5.73 Å². The Labute approximate surface area is 117 Å². The number of aryl methyl sites for hydroxylation is 2. The van der Waals surface area contributed by atoms with Crippen LogP contribution in [0.4, 0.5) is 0 Å². The molecule has 19 heavy (non-hydrogen) atoms. The molecule has 3 nitrogen and oxygen atoms in total. The zero-order valence-electron chi connectivity index (χ0n) is 11.1. The molecule has 1 aromatic heterocycles. The number of pyridine rings is 1. The molecule has 0 saturated carbocycles. The van der Waals surface area contributed by atoms with E-state index in [1.54, 1.807) is 18.0 Å². The molecule has 2 aromatic rings. The molecule has 0 bridgehead atoms. The van der Waals surface area contributed by atoms with E-state index in [0.717, 1.165) is 10.6 Å². The highest BCUT2D eigenvalue weighted by molar-refractivity contribution is 7.98. The van der Waals surface area contributed by atoms with Crippen LogP contribution in [0.15, 0.2) is 41.4 Å². The fourth-order valence-corrected chi connectivity index (χ4v) is 2.82. The quantitative estimate of drug-likeness (QED) is 0.509. The standard InChI is InChI=1S/C15H17N3S/c1-10-5-11(2)7-12(6-10)9-19-13-3-4-18-14(8-13)15(16)17/h3-8H,9H2,1-2H3,(H3,16,17). The maximum atomic E-state index is 7.39. The lowest BCUT2D eigenvalue weighted by Crippen LogP contribution is -2.12. The van der Waals surface area contributed by atoms with Gasteiger partial charge in [-0.25, -0.2) is 0 Å². The molecule has 1 heterocycles. The Bertz CT molecular complexity index is 588. The van der Waals surface area contributed by atoms with Gasteiger partial charge in [0.2, 0.25) is 0 Å². The molecule has 0 aliphatic rings. The summed E-state index contributed by atoms with van der Waals surface area (Å²) in [6.45, 7) is 4.23. The molecule has 4 heteroatoms. The van der Waals surface area contributed by atoms with Gasteiger partial charge in [-0.05, 0) is 31.5 Å². The molecule has 0 atom stereocenters. The molecular weight excluding hydrogens is 254 g/mol.